The zero-order valence-electron chi connectivity index (χ0n) is 10.9. The molecule has 0 spiro atoms. The van der Waals surface area contributed by atoms with Crippen LogP contribution in [0.15, 0.2) is 0 Å². The van der Waals surface area contributed by atoms with Crippen LogP contribution in [0.2, 0.25) is 0 Å². The van der Waals surface area contributed by atoms with E-state index in [1.54, 1.807) is 7.05 Å². The molecule has 0 aromatic rings. The minimum atomic E-state index is -4.52. The second-order valence-corrected chi connectivity index (χ2v) is 7.43. The summed E-state index contributed by atoms with van der Waals surface area (Å²) in [6.07, 6.45) is 0. The van der Waals surface area contributed by atoms with E-state index in [0.717, 1.165) is 0 Å². The molecule has 0 radical (unpaired) electrons. The largest absolute Gasteiger partial charge is 0.397 e. The zero-order chi connectivity index (χ0) is 15.2. The highest BCUT2D eigenvalue weighted by Gasteiger charge is 2.24. The average molecular weight is 321 g/mol. The third kappa shape index (κ3) is 9.27. The molecule has 0 amide bonds. The second-order valence-electron chi connectivity index (χ2n) is 4.25. The number of rotatable bonds is 10. The van der Waals surface area contributed by atoms with E-state index in [2.05, 4.69) is 8.91 Å². The van der Waals surface area contributed by atoms with Crippen LogP contribution in [0.3, 0.4) is 0 Å². The Morgan fingerprint density at radius 2 is 1.79 bits per heavy atom. The molecule has 3 N–H and O–H groups in total. The van der Waals surface area contributed by atoms with Crippen LogP contribution in [0, 0.1) is 0 Å². The average Bonchev–Trinajstić information content (AvgIpc) is 2.25. The quantitative estimate of drug-likeness (QED) is 0.244. The van der Waals surface area contributed by atoms with Crippen molar-refractivity contribution in [3.8, 4) is 0 Å². The van der Waals surface area contributed by atoms with Crippen molar-refractivity contribution >= 4 is 20.4 Å². The smallest absolute Gasteiger partial charge is 0.391 e. The first-order valence-electron chi connectivity index (χ1n) is 5.57. The third-order valence-corrected chi connectivity index (χ3v) is 4.34. The molecule has 0 saturated carbocycles. The molecule has 0 aromatic heterocycles. The minimum Gasteiger partial charge on any atom is -0.391 e. The Balaban J connectivity index is 4.49. The predicted molar refractivity (Wildman–Crippen MR) is 68.0 cm³/mol. The van der Waals surface area contributed by atoms with Crippen LogP contribution >= 0.6 is 0 Å². The van der Waals surface area contributed by atoms with Crippen molar-refractivity contribution in [2.45, 2.75) is 6.92 Å². The summed E-state index contributed by atoms with van der Waals surface area (Å²) in [7, 11) is -6.27. The predicted octanol–water partition coefficient (Wildman–Crippen LogP) is -1.86. The maximum Gasteiger partial charge on any atom is 0.397 e. The Morgan fingerprint density at radius 1 is 1.21 bits per heavy atom. The van der Waals surface area contributed by atoms with Gasteiger partial charge in [0, 0.05) is 0 Å². The number of likely N-dealkylation sites (N-methyl/N-ethyl adjacent to an activating group) is 1. The molecule has 9 nitrogen and oxygen atoms in total. The lowest BCUT2D eigenvalue weighted by molar-refractivity contribution is -0.911. The van der Waals surface area contributed by atoms with E-state index in [1.165, 1.54) is 6.92 Å². The molecule has 0 aliphatic carbocycles. The Morgan fingerprint density at radius 3 is 2.21 bits per heavy atom. The second kappa shape index (κ2) is 7.47. The number of aliphatic hydroxyl groups excluding tert-OH is 1. The molecule has 19 heavy (non-hydrogen) atoms. The van der Waals surface area contributed by atoms with Gasteiger partial charge in [0.05, 0.1) is 19.4 Å². The number of hydrogen-bond donors (Lipinski definition) is 3. The number of quaternary nitrogens is 1. The maximum absolute atomic E-state index is 11.3. The van der Waals surface area contributed by atoms with Crippen molar-refractivity contribution in [1.29, 1.82) is 0 Å². The molecule has 1 unspecified atom stereocenters. The maximum atomic E-state index is 11.3. The standard InChI is InChI=1S/C8H20N2O7S2/c1-3-18(12,13)9-8-10(2,4-6-11)5-7-17-19(14,15)16/h9,11H,3-8H2,1-2H3/p+1. The minimum absolute atomic E-state index is 0.00836. The molecule has 0 aliphatic heterocycles. The topological polar surface area (TPSA) is 130 Å². The molecular formula is C8H21N2O7S2+. The van der Waals surface area contributed by atoms with Gasteiger partial charge in [-0.15, -0.1) is 0 Å². The van der Waals surface area contributed by atoms with Gasteiger partial charge < -0.3 is 9.59 Å². The number of sulfonamides is 1. The van der Waals surface area contributed by atoms with Crippen molar-refractivity contribution in [2.24, 2.45) is 0 Å². The van der Waals surface area contributed by atoms with E-state index in [4.69, 9.17) is 9.66 Å². The van der Waals surface area contributed by atoms with Crippen LogP contribution in [0.4, 0.5) is 0 Å². The lowest BCUT2D eigenvalue weighted by Gasteiger charge is -2.33. The first-order chi connectivity index (χ1) is 8.54. The molecule has 0 rings (SSSR count). The van der Waals surface area contributed by atoms with Gasteiger partial charge in [-0.2, -0.15) is 13.1 Å². The number of hydrogen-bond acceptors (Lipinski definition) is 6. The van der Waals surface area contributed by atoms with Crippen molar-refractivity contribution in [2.75, 3.05) is 45.8 Å². The van der Waals surface area contributed by atoms with Crippen LogP contribution in [0.5, 0.6) is 0 Å². The fourth-order valence-corrected chi connectivity index (χ4v) is 2.23. The number of aliphatic hydroxyl groups is 1. The highest BCUT2D eigenvalue weighted by Crippen LogP contribution is 2.02. The van der Waals surface area contributed by atoms with Gasteiger partial charge >= 0.3 is 10.4 Å². The molecule has 0 aliphatic rings. The summed E-state index contributed by atoms with van der Waals surface area (Å²) in [6, 6.07) is 0. The van der Waals surface area contributed by atoms with Crippen LogP contribution in [0.1, 0.15) is 6.92 Å². The molecular weight excluding hydrogens is 300 g/mol. The Kier molecular flexibility index (Phi) is 7.36. The molecule has 0 aromatic carbocycles. The lowest BCUT2D eigenvalue weighted by atomic mass is 10.4. The summed E-state index contributed by atoms with van der Waals surface area (Å²) in [4.78, 5) is 0. The summed E-state index contributed by atoms with van der Waals surface area (Å²) >= 11 is 0. The molecule has 11 heteroatoms. The summed E-state index contributed by atoms with van der Waals surface area (Å²) < 4.78 is 58.5. The molecule has 0 heterocycles. The van der Waals surface area contributed by atoms with E-state index in [9.17, 15) is 16.8 Å². The van der Waals surface area contributed by atoms with Gasteiger partial charge in [-0.1, -0.05) is 0 Å². The van der Waals surface area contributed by atoms with E-state index >= 15 is 0 Å². The van der Waals surface area contributed by atoms with Crippen molar-refractivity contribution in [3.63, 3.8) is 0 Å². The highest BCUT2D eigenvalue weighted by atomic mass is 32.3. The molecule has 0 bridgehead atoms. The van der Waals surface area contributed by atoms with E-state index in [0.29, 0.717) is 0 Å². The fraction of sp³-hybridized carbons (Fsp3) is 1.00. The zero-order valence-corrected chi connectivity index (χ0v) is 12.6. The molecule has 116 valence electrons. The molecule has 0 fully saturated rings. The first-order valence-corrected chi connectivity index (χ1v) is 8.59. The molecule has 1 atom stereocenters. The van der Waals surface area contributed by atoms with E-state index in [1.807, 2.05) is 0 Å². The van der Waals surface area contributed by atoms with Crippen molar-refractivity contribution < 1.29 is 35.2 Å². The Hall–Kier alpha value is -0.300. The van der Waals surface area contributed by atoms with Gasteiger partial charge in [0.15, 0.2) is 0 Å². The summed E-state index contributed by atoms with van der Waals surface area (Å²) in [5, 5.41) is 8.95. The lowest BCUT2D eigenvalue weighted by Crippen LogP contribution is -2.54. The molecule has 0 saturated heterocycles. The Labute approximate surface area is 113 Å². The Bertz CT molecular complexity index is 461. The van der Waals surface area contributed by atoms with Gasteiger partial charge in [0.1, 0.15) is 26.4 Å². The third-order valence-electron chi connectivity index (χ3n) is 2.55. The van der Waals surface area contributed by atoms with Crippen LogP contribution in [-0.4, -0.2) is 76.8 Å². The van der Waals surface area contributed by atoms with Gasteiger partial charge in [-0.3, -0.25) is 4.55 Å². The normalized spacial score (nSPS) is 16.2. The summed E-state index contributed by atoms with van der Waals surface area (Å²) in [5.74, 6) is -0.0757. The van der Waals surface area contributed by atoms with Crippen LogP contribution < -0.4 is 4.72 Å². The SMILES string of the molecule is CCS(=O)(=O)NC[N+](C)(CCO)CCOS(=O)(=O)O. The summed E-state index contributed by atoms with van der Waals surface area (Å²) in [6.45, 7) is 1.28. The van der Waals surface area contributed by atoms with Gasteiger partial charge in [0.25, 0.3) is 0 Å². The first kappa shape index (κ1) is 18.7. The monoisotopic (exact) mass is 321 g/mol. The summed E-state index contributed by atoms with van der Waals surface area (Å²) in [5.41, 5.74) is 0. The number of nitrogens with zero attached hydrogens (tertiary/aromatic N) is 1. The number of nitrogens with one attached hydrogen (secondary N) is 1. The van der Waals surface area contributed by atoms with Gasteiger partial charge in [-0.05, 0) is 6.92 Å². The van der Waals surface area contributed by atoms with Crippen LogP contribution in [0.25, 0.3) is 0 Å². The fourth-order valence-electron chi connectivity index (χ4n) is 1.23. The van der Waals surface area contributed by atoms with Crippen molar-refractivity contribution in [3.05, 3.63) is 0 Å². The van der Waals surface area contributed by atoms with E-state index in [-0.39, 0.29) is 43.2 Å². The van der Waals surface area contributed by atoms with Crippen LogP contribution in [-0.2, 0) is 24.6 Å². The van der Waals surface area contributed by atoms with Gasteiger partial charge in [0.2, 0.25) is 10.0 Å². The highest BCUT2D eigenvalue weighted by molar-refractivity contribution is 7.89. The van der Waals surface area contributed by atoms with Crippen molar-refractivity contribution in [1.82, 2.24) is 4.72 Å². The van der Waals surface area contributed by atoms with Gasteiger partial charge in [-0.25, -0.2) is 12.6 Å². The van der Waals surface area contributed by atoms with E-state index < -0.39 is 20.4 Å².